The molecule has 0 fully saturated rings. The van der Waals surface area contributed by atoms with Gasteiger partial charge < -0.3 is 10.1 Å². The van der Waals surface area contributed by atoms with E-state index >= 15 is 0 Å². The third-order valence-corrected chi connectivity index (χ3v) is 5.13. The second-order valence-corrected chi connectivity index (χ2v) is 6.64. The molecule has 2 rings (SSSR count). The summed E-state index contributed by atoms with van der Waals surface area (Å²) in [5.41, 5.74) is 1.72. The third-order valence-electron chi connectivity index (χ3n) is 3.27. The van der Waals surface area contributed by atoms with Crippen molar-refractivity contribution in [2.45, 2.75) is 19.8 Å². The Balaban J connectivity index is 2.58. The zero-order chi connectivity index (χ0) is 16.8. The lowest BCUT2D eigenvalue weighted by Gasteiger charge is -2.28. The van der Waals surface area contributed by atoms with E-state index in [4.69, 9.17) is 11.2 Å². The monoisotopic (exact) mass is 344 g/mol. The van der Waals surface area contributed by atoms with Gasteiger partial charge in [0.05, 0.1) is 40.5 Å². The highest BCUT2D eigenvalue weighted by Crippen LogP contribution is 2.42. The van der Waals surface area contributed by atoms with Gasteiger partial charge in [0.25, 0.3) is 0 Å². The Morgan fingerprint density at radius 1 is 1.61 bits per heavy atom. The number of carbonyl (C=O) groups is 1. The summed E-state index contributed by atoms with van der Waals surface area (Å²) < 4.78 is 5.22. The minimum atomic E-state index is -0.418. The molecule has 0 amide bonds. The van der Waals surface area contributed by atoms with E-state index in [1.165, 1.54) is 23.1 Å². The van der Waals surface area contributed by atoms with Gasteiger partial charge in [-0.3, -0.25) is 0 Å². The predicted octanol–water partition coefficient (Wildman–Crippen LogP) is 3.37. The van der Waals surface area contributed by atoms with Crippen LogP contribution in [-0.2, 0) is 9.53 Å². The molecule has 0 aliphatic carbocycles. The van der Waals surface area contributed by atoms with Gasteiger partial charge in [0.2, 0.25) is 0 Å². The molecule has 1 unspecified atom stereocenters. The van der Waals surface area contributed by atoms with Crippen LogP contribution in [0.3, 0.4) is 0 Å². The van der Waals surface area contributed by atoms with E-state index in [0.717, 1.165) is 10.6 Å². The lowest BCUT2D eigenvalue weighted by Crippen LogP contribution is -2.28. The van der Waals surface area contributed by atoms with E-state index in [1.807, 2.05) is 24.4 Å². The number of hydrogen-bond acceptors (Lipinski definition) is 6. The maximum Gasteiger partial charge on any atom is 0.337 e. The van der Waals surface area contributed by atoms with E-state index in [2.05, 4.69) is 17.3 Å². The maximum absolute atomic E-state index is 12.5. The number of allylic oxidation sites excluding steroid dienone is 2. The van der Waals surface area contributed by atoms with Gasteiger partial charge >= 0.3 is 5.97 Å². The van der Waals surface area contributed by atoms with Crippen molar-refractivity contribution in [3.63, 3.8) is 0 Å². The molecule has 1 aliphatic heterocycles. The van der Waals surface area contributed by atoms with Crippen LogP contribution in [0.15, 0.2) is 39.4 Å². The number of dihydropyridines is 1. The number of nitrogens with zero attached hydrogens (tertiary/aromatic N) is 1. The Hall–Kier alpha value is -2.15. The molecule has 0 aromatic carbocycles. The molecular weight excluding hydrogens is 328 g/mol. The van der Waals surface area contributed by atoms with Crippen molar-refractivity contribution in [2.24, 2.45) is 0 Å². The molecule has 4 nitrogen and oxygen atoms in total. The number of nitrogens with one attached hydrogen (secondary N) is 1. The first-order chi connectivity index (χ1) is 11.1. The maximum atomic E-state index is 12.5. The molecule has 2 heterocycles. The van der Waals surface area contributed by atoms with Gasteiger partial charge in [0, 0.05) is 10.6 Å². The topological polar surface area (TPSA) is 62.1 Å². The molecule has 1 atom stereocenters. The van der Waals surface area contributed by atoms with Crippen molar-refractivity contribution in [3.8, 4) is 18.4 Å². The summed E-state index contributed by atoms with van der Waals surface area (Å²) in [4.78, 5) is 13.5. The molecule has 1 aliphatic rings. The number of ether oxygens (including phenoxy) is 1. The summed E-state index contributed by atoms with van der Waals surface area (Å²) in [7, 11) is 0. The number of thioether (sulfide) groups is 1. The fraction of sp³-hybridized carbons (Fsp3) is 0.294. The van der Waals surface area contributed by atoms with E-state index in [0.29, 0.717) is 21.9 Å². The quantitative estimate of drug-likeness (QED) is 0.655. The number of terminal acetylenes is 1. The zero-order valence-electron chi connectivity index (χ0n) is 12.9. The molecule has 0 saturated heterocycles. The normalized spacial score (nSPS) is 17.3. The summed E-state index contributed by atoms with van der Waals surface area (Å²) >= 11 is 2.88. The number of rotatable bonds is 5. The largest absolute Gasteiger partial charge is 0.463 e. The van der Waals surface area contributed by atoms with Crippen LogP contribution in [-0.4, -0.2) is 18.3 Å². The van der Waals surface area contributed by atoms with Crippen LogP contribution in [0.5, 0.6) is 0 Å². The molecule has 1 N–H and O–H groups in total. The van der Waals surface area contributed by atoms with Crippen LogP contribution in [0.25, 0.3) is 0 Å². The highest BCUT2D eigenvalue weighted by molar-refractivity contribution is 8.03. The number of hydrogen-bond donors (Lipinski definition) is 1. The molecule has 1 aromatic rings. The molecule has 1 aromatic heterocycles. The van der Waals surface area contributed by atoms with Gasteiger partial charge in [-0.15, -0.1) is 17.8 Å². The van der Waals surface area contributed by atoms with Crippen LogP contribution in [0.1, 0.15) is 24.6 Å². The Labute approximate surface area is 144 Å². The van der Waals surface area contributed by atoms with Crippen LogP contribution >= 0.6 is 23.1 Å². The third kappa shape index (κ3) is 3.61. The molecular formula is C17H16N2O2S2. The lowest BCUT2D eigenvalue weighted by atomic mass is 9.87. The Bertz CT molecular complexity index is 734. The number of esters is 1. The first-order valence-corrected chi connectivity index (χ1v) is 8.89. The first kappa shape index (κ1) is 17.2. The lowest BCUT2D eigenvalue weighted by molar-refractivity contribution is -0.138. The highest BCUT2D eigenvalue weighted by Gasteiger charge is 2.36. The minimum absolute atomic E-state index is 0.275. The summed E-state index contributed by atoms with van der Waals surface area (Å²) in [6.07, 6.45) is 5.34. The van der Waals surface area contributed by atoms with Crippen LogP contribution in [0.4, 0.5) is 0 Å². The van der Waals surface area contributed by atoms with E-state index in [9.17, 15) is 10.1 Å². The fourth-order valence-corrected chi connectivity index (χ4v) is 3.99. The van der Waals surface area contributed by atoms with Crippen LogP contribution in [0, 0.1) is 23.7 Å². The molecule has 23 heavy (non-hydrogen) atoms. The summed E-state index contributed by atoms with van der Waals surface area (Å²) in [6, 6.07) is 6.06. The van der Waals surface area contributed by atoms with Crippen molar-refractivity contribution >= 4 is 29.1 Å². The van der Waals surface area contributed by atoms with Gasteiger partial charge in [-0.1, -0.05) is 23.7 Å². The molecule has 118 valence electrons. The summed E-state index contributed by atoms with van der Waals surface area (Å²) in [5.74, 6) is 2.15. The van der Waals surface area contributed by atoms with Crippen molar-refractivity contribution in [1.82, 2.24) is 5.32 Å². The standard InChI is InChI=1S/C17H16N2O2S2/c1-4-8-23-16-15(17(20)21-5-2)14(13-7-6-9-22-13)12(10-18)11(3)19-16/h1,6-7,9,14,19H,5,8H2,2-3H3. The average Bonchev–Trinajstić information content (AvgIpc) is 3.06. The number of thiophene rings is 1. The zero-order valence-corrected chi connectivity index (χ0v) is 14.5. The Kier molecular flexibility index (Phi) is 5.92. The van der Waals surface area contributed by atoms with E-state index < -0.39 is 11.9 Å². The van der Waals surface area contributed by atoms with Gasteiger partial charge in [-0.25, -0.2) is 4.79 Å². The highest BCUT2D eigenvalue weighted by atomic mass is 32.2. The number of carbonyl (C=O) groups excluding carboxylic acids is 1. The van der Waals surface area contributed by atoms with Crippen molar-refractivity contribution in [1.29, 1.82) is 5.26 Å². The molecule has 6 heteroatoms. The van der Waals surface area contributed by atoms with Crippen molar-refractivity contribution < 1.29 is 9.53 Å². The molecule has 0 saturated carbocycles. The summed E-state index contributed by atoms with van der Waals surface area (Å²) in [6.45, 7) is 3.87. The van der Waals surface area contributed by atoms with Gasteiger partial charge in [-0.2, -0.15) is 5.26 Å². The smallest absolute Gasteiger partial charge is 0.337 e. The SMILES string of the molecule is C#CCSC1=C(C(=O)OCC)C(c2cccs2)C(C#N)=C(C)N1. The first-order valence-electron chi connectivity index (χ1n) is 7.02. The molecule has 0 bridgehead atoms. The van der Waals surface area contributed by atoms with Gasteiger partial charge in [0.15, 0.2) is 0 Å². The van der Waals surface area contributed by atoms with E-state index in [1.54, 1.807) is 6.92 Å². The van der Waals surface area contributed by atoms with Crippen molar-refractivity contribution in [2.75, 3.05) is 12.4 Å². The second-order valence-electron chi connectivity index (χ2n) is 4.68. The number of nitriles is 1. The molecule has 0 radical (unpaired) electrons. The fourth-order valence-electron chi connectivity index (χ4n) is 2.33. The predicted molar refractivity (Wildman–Crippen MR) is 93.5 cm³/mol. The Morgan fingerprint density at radius 2 is 2.39 bits per heavy atom. The van der Waals surface area contributed by atoms with Gasteiger partial charge in [-0.05, 0) is 25.3 Å². The van der Waals surface area contributed by atoms with Crippen LogP contribution in [0.2, 0.25) is 0 Å². The van der Waals surface area contributed by atoms with Gasteiger partial charge in [0.1, 0.15) is 0 Å². The Morgan fingerprint density at radius 3 is 2.96 bits per heavy atom. The molecule has 0 spiro atoms. The van der Waals surface area contributed by atoms with Crippen LogP contribution < -0.4 is 5.32 Å². The minimum Gasteiger partial charge on any atom is -0.463 e. The average molecular weight is 344 g/mol. The summed E-state index contributed by atoms with van der Waals surface area (Å²) in [5, 5.41) is 15.3. The second kappa shape index (κ2) is 7.92. The van der Waals surface area contributed by atoms with Crippen molar-refractivity contribution in [3.05, 3.63) is 44.3 Å². The van der Waals surface area contributed by atoms with E-state index in [-0.39, 0.29) is 6.61 Å².